The van der Waals surface area contributed by atoms with Crippen LogP contribution < -0.4 is 5.32 Å². The van der Waals surface area contributed by atoms with Gasteiger partial charge in [0.25, 0.3) is 0 Å². The number of nitrogens with zero attached hydrogens (tertiary/aromatic N) is 2. The number of hydrogen-bond donors (Lipinski definition) is 2. The number of nitrogens with one attached hydrogen (secondary N) is 2. The van der Waals surface area contributed by atoms with Gasteiger partial charge in [0.15, 0.2) is 5.13 Å². The molecule has 23 heavy (non-hydrogen) atoms. The van der Waals surface area contributed by atoms with Gasteiger partial charge in [-0.15, -0.1) is 0 Å². The highest BCUT2D eigenvalue weighted by Gasteiger charge is 2.09. The predicted molar refractivity (Wildman–Crippen MR) is 92.8 cm³/mol. The van der Waals surface area contributed by atoms with Crippen molar-refractivity contribution in [3.8, 4) is 0 Å². The highest BCUT2D eigenvalue weighted by molar-refractivity contribution is 7.22. The molecule has 0 fully saturated rings. The first-order valence-electron chi connectivity index (χ1n) is 7.26. The van der Waals surface area contributed by atoms with Crippen LogP contribution >= 0.6 is 11.3 Å². The first-order valence-corrected chi connectivity index (χ1v) is 8.08. The van der Waals surface area contributed by atoms with Crippen LogP contribution in [-0.2, 0) is 11.2 Å². The molecule has 0 aliphatic heterocycles. The zero-order valence-corrected chi connectivity index (χ0v) is 13.3. The van der Waals surface area contributed by atoms with Crippen molar-refractivity contribution in [2.24, 2.45) is 0 Å². The zero-order valence-electron chi connectivity index (χ0n) is 12.5. The van der Waals surface area contributed by atoms with E-state index in [1.54, 1.807) is 6.20 Å². The molecular formula is C17H14N4OS. The van der Waals surface area contributed by atoms with Crippen LogP contribution in [0.3, 0.4) is 0 Å². The topological polar surface area (TPSA) is 70.7 Å². The summed E-state index contributed by atoms with van der Waals surface area (Å²) in [5.41, 5.74) is 3.98. The third-order valence-electron chi connectivity index (χ3n) is 3.66. The van der Waals surface area contributed by atoms with Gasteiger partial charge in [0.2, 0.25) is 5.91 Å². The molecule has 2 N–H and O–H groups in total. The summed E-state index contributed by atoms with van der Waals surface area (Å²) >= 11 is 1.50. The molecule has 0 radical (unpaired) electrons. The fraction of sp³-hybridized carbons (Fsp3) is 0.118. The SMILES string of the molecule is Cc1ccc2nc(NC(=O)Cc3ccc4cn[nH]c4c3)sc2c1. The van der Waals surface area contributed by atoms with Gasteiger partial charge in [-0.1, -0.05) is 29.5 Å². The molecule has 0 saturated heterocycles. The van der Waals surface area contributed by atoms with E-state index in [1.807, 2.05) is 37.3 Å². The largest absolute Gasteiger partial charge is 0.302 e. The van der Waals surface area contributed by atoms with Crippen LogP contribution in [0.25, 0.3) is 21.1 Å². The first-order chi connectivity index (χ1) is 11.2. The average molecular weight is 322 g/mol. The molecule has 0 bridgehead atoms. The van der Waals surface area contributed by atoms with E-state index in [4.69, 9.17) is 0 Å². The molecule has 0 atom stereocenters. The second-order valence-corrected chi connectivity index (χ2v) is 6.54. The van der Waals surface area contributed by atoms with Crippen molar-refractivity contribution >= 4 is 43.5 Å². The smallest absolute Gasteiger partial charge is 0.230 e. The van der Waals surface area contributed by atoms with Gasteiger partial charge >= 0.3 is 0 Å². The van der Waals surface area contributed by atoms with E-state index in [0.717, 1.165) is 26.7 Å². The Labute approximate surface area is 136 Å². The molecule has 1 amide bonds. The van der Waals surface area contributed by atoms with E-state index in [-0.39, 0.29) is 5.91 Å². The number of aromatic amines is 1. The molecule has 0 saturated carbocycles. The number of anilines is 1. The fourth-order valence-corrected chi connectivity index (χ4v) is 3.51. The number of thiazole rings is 1. The van der Waals surface area contributed by atoms with Crippen LogP contribution in [0.2, 0.25) is 0 Å². The Morgan fingerprint density at radius 1 is 1.26 bits per heavy atom. The van der Waals surface area contributed by atoms with Crippen LogP contribution in [0.15, 0.2) is 42.6 Å². The van der Waals surface area contributed by atoms with E-state index in [9.17, 15) is 4.79 Å². The molecule has 0 unspecified atom stereocenters. The molecule has 0 aliphatic carbocycles. The van der Waals surface area contributed by atoms with Gasteiger partial charge in [0.1, 0.15) is 0 Å². The van der Waals surface area contributed by atoms with Gasteiger partial charge in [-0.25, -0.2) is 4.98 Å². The molecule has 5 nitrogen and oxygen atoms in total. The number of hydrogen-bond acceptors (Lipinski definition) is 4. The minimum absolute atomic E-state index is 0.0698. The van der Waals surface area contributed by atoms with Crippen molar-refractivity contribution in [3.63, 3.8) is 0 Å². The van der Waals surface area contributed by atoms with Crippen molar-refractivity contribution in [2.45, 2.75) is 13.3 Å². The van der Waals surface area contributed by atoms with E-state index in [2.05, 4.69) is 26.6 Å². The van der Waals surface area contributed by atoms with Crippen LogP contribution in [0.5, 0.6) is 0 Å². The third kappa shape index (κ3) is 2.80. The molecule has 114 valence electrons. The number of aromatic nitrogens is 3. The van der Waals surface area contributed by atoms with E-state index in [0.29, 0.717) is 11.6 Å². The van der Waals surface area contributed by atoms with E-state index < -0.39 is 0 Å². The summed E-state index contributed by atoms with van der Waals surface area (Å²) in [6.07, 6.45) is 2.08. The summed E-state index contributed by atoms with van der Waals surface area (Å²) in [4.78, 5) is 16.7. The monoisotopic (exact) mass is 322 g/mol. The molecule has 2 aromatic heterocycles. The van der Waals surface area contributed by atoms with Crippen LogP contribution in [0, 0.1) is 6.92 Å². The van der Waals surface area contributed by atoms with Crippen molar-refractivity contribution in [2.75, 3.05) is 5.32 Å². The summed E-state index contributed by atoms with van der Waals surface area (Å²) in [6.45, 7) is 2.04. The molecule has 0 aliphatic rings. The molecule has 4 rings (SSSR count). The maximum atomic E-state index is 12.2. The second kappa shape index (κ2) is 5.48. The van der Waals surface area contributed by atoms with Gasteiger partial charge in [0, 0.05) is 5.39 Å². The van der Waals surface area contributed by atoms with Crippen molar-refractivity contribution < 1.29 is 4.79 Å². The Kier molecular flexibility index (Phi) is 3.31. The van der Waals surface area contributed by atoms with Crippen LogP contribution in [0.4, 0.5) is 5.13 Å². The van der Waals surface area contributed by atoms with Crippen LogP contribution in [0.1, 0.15) is 11.1 Å². The molecule has 6 heteroatoms. The quantitative estimate of drug-likeness (QED) is 0.604. The van der Waals surface area contributed by atoms with E-state index in [1.165, 1.54) is 16.9 Å². The number of benzene rings is 2. The second-order valence-electron chi connectivity index (χ2n) is 5.51. The number of carbonyl (C=O) groups excluding carboxylic acids is 1. The number of H-pyrrole nitrogens is 1. The maximum absolute atomic E-state index is 12.2. The van der Waals surface area contributed by atoms with Gasteiger partial charge in [-0.05, 0) is 36.2 Å². The number of amides is 1. The Morgan fingerprint density at radius 3 is 3.09 bits per heavy atom. The van der Waals surface area contributed by atoms with Crippen molar-refractivity contribution in [1.29, 1.82) is 0 Å². The Balaban J connectivity index is 1.51. The summed E-state index contributed by atoms with van der Waals surface area (Å²) < 4.78 is 1.08. The Hall–Kier alpha value is -2.73. The average Bonchev–Trinajstić information content (AvgIpc) is 3.11. The van der Waals surface area contributed by atoms with Crippen LogP contribution in [-0.4, -0.2) is 21.1 Å². The third-order valence-corrected chi connectivity index (χ3v) is 4.59. The highest BCUT2D eigenvalue weighted by Crippen LogP contribution is 2.26. The number of carbonyl (C=O) groups is 1. The lowest BCUT2D eigenvalue weighted by molar-refractivity contribution is -0.115. The Bertz CT molecular complexity index is 1020. The summed E-state index contributed by atoms with van der Waals surface area (Å²) in [5, 5.41) is 11.5. The molecule has 0 spiro atoms. The predicted octanol–water partition coefficient (Wildman–Crippen LogP) is 3.66. The van der Waals surface area contributed by atoms with Gasteiger partial charge in [0.05, 0.1) is 28.4 Å². The molecule has 4 aromatic rings. The van der Waals surface area contributed by atoms with Crippen molar-refractivity contribution in [3.05, 3.63) is 53.7 Å². The minimum Gasteiger partial charge on any atom is -0.302 e. The standard InChI is InChI=1S/C17H14N4OS/c1-10-2-5-13-15(6-10)23-17(19-13)20-16(22)8-11-3-4-12-9-18-21-14(12)7-11/h2-7,9H,8H2,1H3,(H,18,21)(H,19,20,22). The summed E-state index contributed by atoms with van der Waals surface area (Å²) in [5.74, 6) is -0.0698. The zero-order chi connectivity index (χ0) is 15.8. The number of rotatable bonds is 3. The number of aryl methyl sites for hydroxylation is 1. The molecular weight excluding hydrogens is 308 g/mol. The fourth-order valence-electron chi connectivity index (χ4n) is 2.53. The number of fused-ring (bicyclic) bond motifs is 2. The summed E-state index contributed by atoms with van der Waals surface area (Å²) in [6, 6.07) is 11.9. The minimum atomic E-state index is -0.0698. The van der Waals surface area contributed by atoms with Gasteiger partial charge in [-0.2, -0.15) is 5.10 Å². The lowest BCUT2D eigenvalue weighted by Crippen LogP contribution is -2.14. The molecule has 2 aromatic carbocycles. The maximum Gasteiger partial charge on any atom is 0.230 e. The normalized spacial score (nSPS) is 11.2. The highest BCUT2D eigenvalue weighted by atomic mass is 32.1. The lowest BCUT2D eigenvalue weighted by Gasteiger charge is -2.02. The Morgan fingerprint density at radius 2 is 2.17 bits per heavy atom. The first kappa shape index (κ1) is 13.9. The van der Waals surface area contributed by atoms with E-state index >= 15 is 0 Å². The van der Waals surface area contributed by atoms with Crippen molar-refractivity contribution in [1.82, 2.24) is 15.2 Å². The summed E-state index contributed by atoms with van der Waals surface area (Å²) in [7, 11) is 0. The molecule has 2 heterocycles. The van der Waals surface area contributed by atoms with Gasteiger partial charge < -0.3 is 5.32 Å². The van der Waals surface area contributed by atoms with Gasteiger partial charge in [-0.3, -0.25) is 9.89 Å². The lowest BCUT2D eigenvalue weighted by atomic mass is 10.1.